The summed E-state index contributed by atoms with van der Waals surface area (Å²) in [4.78, 5) is 13.5. The van der Waals surface area contributed by atoms with E-state index in [4.69, 9.17) is 9.47 Å². The first kappa shape index (κ1) is 14.4. The summed E-state index contributed by atoms with van der Waals surface area (Å²) in [7, 11) is 1.42. The van der Waals surface area contributed by atoms with E-state index in [2.05, 4.69) is 4.90 Å². The van der Waals surface area contributed by atoms with Crippen LogP contribution < -0.4 is 0 Å². The van der Waals surface area contributed by atoms with Crippen LogP contribution in [0.1, 0.15) is 19.8 Å². The van der Waals surface area contributed by atoms with Gasteiger partial charge in [-0.3, -0.25) is 9.69 Å². The van der Waals surface area contributed by atoms with E-state index < -0.39 is 6.10 Å². The number of β-amino-alcohol motifs (C(OH)–C–C–N with tert-alkyl or cyclic N) is 1. The Balaban J connectivity index is 2.31. The summed E-state index contributed by atoms with van der Waals surface area (Å²) in [6, 6.07) is 0. The Kier molecular flexibility index (Phi) is 6.47. The molecular formula is C12H23NO4. The maximum absolute atomic E-state index is 11.4. The van der Waals surface area contributed by atoms with Gasteiger partial charge in [-0.2, -0.15) is 0 Å². The average molecular weight is 245 g/mol. The van der Waals surface area contributed by atoms with Crippen LogP contribution in [0.25, 0.3) is 0 Å². The van der Waals surface area contributed by atoms with Crippen molar-refractivity contribution in [2.75, 3.05) is 40.0 Å². The Morgan fingerprint density at radius 2 is 2.35 bits per heavy atom. The molecule has 0 amide bonds. The van der Waals surface area contributed by atoms with Crippen molar-refractivity contribution < 1.29 is 19.4 Å². The van der Waals surface area contributed by atoms with Gasteiger partial charge >= 0.3 is 5.97 Å². The molecule has 1 N–H and O–H groups in total. The van der Waals surface area contributed by atoms with Crippen molar-refractivity contribution in [1.29, 1.82) is 0 Å². The van der Waals surface area contributed by atoms with Crippen LogP contribution in [0, 0.1) is 5.92 Å². The lowest BCUT2D eigenvalue weighted by Crippen LogP contribution is -2.43. The van der Waals surface area contributed by atoms with Crippen LogP contribution in [0.5, 0.6) is 0 Å². The summed E-state index contributed by atoms with van der Waals surface area (Å²) in [6.45, 7) is 5.04. The van der Waals surface area contributed by atoms with Crippen molar-refractivity contribution in [2.24, 2.45) is 5.92 Å². The maximum atomic E-state index is 11.4. The second-order valence-corrected chi connectivity index (χ2v) is 4.44. The van der Waals surface area contributed by atoms with E-state index in [1.807, 2.05) is 6.92 Å². The second-order valence-electron chi connectivity index (χ2n) is 4.44. The number of aliphatic hydroxyl groups is 1. The normalized spacial score (nSPS) is 23.4. The fraction of sp³-hybridized carbons (Fsp3) is 0.917. The molecule has 1 rings (SSSR count). The smallest absolute Gasteiger partial charge is 0.309 e. The molecule has 0 aromatic rings. The number of aliphatic hydroxyl groups excluding tert-OH is 1. The van der Waals surface area contributed by atoms with Gasteiger partial charge in [-0.25, -0.2) is 0 Å². The summed E-state index contributed by atoms with van der Waals surface area (Å²) < 4.78 is 9.92. The highest BCUT2D eigenvalue weighted by molar-refractivity contribution is 5.72. The number of piperidine rings is 1. The first-order chi connectivity index (χ1) is 8.17. The zero-order valence-electron chi connectivity index (χ0n) is 10.7. The Labute approximate surface area is 103 Å². The second kappa shape index (κ2) is 7.63. The van der Waals surface area contributed by atoms with E-state index in [1.54, 1.807) is 0 Å². The van der Waals surface area contributed by atoms with Crippen molar-refractivity contribution in [3.8, 4) is 0 Å². The summed E-state index contributed by atoms with van der Waals surface area (Å²) in [6.07, 6.45) is 1.37. The van der Waals surface area contributed by atoms with Crippen molar-refractivity contribution in [1.82, 2.24) is 4.90 Å². The number of nitrogens with zero attached hydrogens (tertiary/aromatic N) is 1. The molecule has 17 heavy (non-hydrogen) atoms. The SMILES string of the molecule is CCOCC(O)CN1CCCC(C(=O)OC)C1. The van der Waals surface area contributed by atoms with Gasteiger partial charge in [-0.1, -0.05) is 0 Å². The lowest BCUT2D eigenvalue weighted by atomic mass is 9.98. The van der Waals surface area contributed by atoms with Crippen molar-refractivity contribution in [2.45, 2.75) is 25.9 Å². The summed E-state index contributed by atoms with van der Waals surface area (Å²) in [5.74, 6) is -0.193. The molecule has 0 aromatic heterocycles. The highest BCUT2D eigenvalue weighted by Gasteiger charge is 2.27. The minimum atomic E-state index is -0.480. The van der Waals surface area contributed by atoms with Crippen LogP contribution >= 0.6 is 0 Å². The number of esters is 1. The van der Waals surface area contributed by atoms with Crippen LogP contribution in [0.2, 0.25) is 0 Å². The molecule has 1 aliphatic heterocycles. The lowest BCUT2D eigenvalue weighted by molar-refractivity contribution is -0.147. The zero-order valence-corrected chi connectivity index (χ0v) is 10.7. The molecular weight excluding hydrogens is 222 g/mol. The van der Waals surface area contributed by atoms with Gasteiger partial charge in [-0.05, 0) is 26.3 Å². The number of hydrogen-bond donors (Lipinski definition) is 1. The predicted molar refractivity (Wildman–Crippen MR) is 63.7 cm³/mol. The molecule has 0 spiro atoms. The molecule has 1 aliphatic rings. The molecule has 2 unspecified atom stereocenters. The third-order valence-electron chi connectivity index (χ3n) is 3.02. The quantitative estimate of drug-likeness (QED) is 0.681. The van der Waals surface area contributed by atoms with E-state index in [9.17, 15) is 9.90 Å². The Bertz CT molecular complexity index is 235. The monoisotopic (exact) mass is 245 g/mol. The predicted octanol–water partition coefficient (Wildman–Crippen LogP) is 0.269. The fourth-order valence-corrected chi connectivity index (χ4v) is 2.19. The fourth-order valence-electron chi connectivity index (χ4n) is 2.19. The highest BCUT2D eigenvalue weighted by atomic mass is 16.5. The van der Waals surface area contributed by atoms with E-state index in [0.29, 0.717) is 26.3 Å². The third kappa shape index (κ3) is 5.02. The molecule has 0 aliphatic carbocycles. The Morgan fingerprint density at radius 3 is 3.00 bits per heavy atom. The maximum Gasteiger partial charge on any atom is 0.309 e. The van der Waals surface area contributed by atoms with E-state index in [-0.39, 0.29) is 11.9 Å². The largest absolute Gasteiger partial charge is 0.469 e. The molecule has 1 heterocycles. The molecule has 2 atom stereocenters. The Morgan fingerprint density at radius 1 is 1.59 bits per heavy atom. The van der Waals surface area contributed by atoms with Gasteiger partial charge in [0.25, 0.3) is 0 Å². The zero-order chi connectivity index (χ0) is 12.7. The topological polar surface area (TPSA) is 59.0 Å². The van der Waals surface area contributed by atoms with E-state index >= 15 is 0 Å². The molecule has 0 radical (unpaired) electrons. The molecule has 0 saturated carbocycles. The minimum Gasteiger partial charge on any atom is -0.469 e. The van der Waals surface area contributed by atoms with Gasteiger partial charge in [-0.15, -0.1) is 0 Å². The van der Waals surface area contributed by atoms with Gasteiger partial charge < -0.3 is 14.6 Å². The average Bonchev–Trinajstić information content (AvgIpc) is 2.35. The summed E-state index contributed by atoms with van der Waals surface area (Å²) in [5.41, 5.74) is 0. The van der Waals surface area contributed by atoms with Crippen LogP contribution in [-0.4, -0.2) is 62.0 Å². The van der Waals surface area contributed by atoms with Crippen molar-refractivity contribution in [3.05, 3.63) is 0 Å². The third-order valence-corrected chi connectivity index (χ3v) is 3.02. The standard InChI is InChI=1S/C12H23NO4/c1-3-17-9-11(14)8-13-6-4-5-10(7-13)12(15)16-2/h10-11,14H,3-9H2,1-2H3. The van der Waals surface area contributed by atoms with Gasteiger partial charge in [0.15, 0.2) is 0 Å². The molecule has 1 saturated heterocycles. The number of carbonyl (C=O) groups excluding carboxylic acids is 1. The van der Waals surface area contributed by atoms with E-state index in [1.165, 1.54) is 7.11 Å². The summed E-state index contributed by atoms with van der Waals surface area (Å²) >= 11 is 0. The summed E-state index contributed by atoms with van der Waals surface area (Å²) in [5, 5.41) is 9.73. The molecule has 5 heteroatoms. The lowest BCUT2D eigenvalue weighted by Gasteiger charge is -2.32. The number of carbonyl (C=O) groups is 1. The van der Waals surface area contributed by atoms with Crippen LogP contribution in [0.15, 0.2) is 0 Å². The van der Waals surface area contributed by atoms with Crippen molar-refractivity contribution >= 4 is 5.97 Å². The molecule has 1 fully saturated rings. The van der Waals surface area contributed by atoms with Gasteiger partial charge in [0.05, 0.1) is 25.7 Å². The van der Waals surface area contributed by atoms with Gasteiger partial charge in [0.2, 0.25) is 0 Å². The van der Waals surface area contributed by atoms with Crippen molar-refractivity contribution in [3.63, 3.8) is 0 Å². The molecule has 0 aromatic carbocycles. The molecule has 100 valence electrons. The highest BCUT2D eigenvalue weighted by Crippen LogP contribution is 2.17. The van der Waals surface area contributed by atoms with Crippen LogP contribution in [0.4, 0.5) is 0 Å². The van der Waals surface area contributed by atoms with Gasteiger partial charge in [0.1, 0.15) is 0 Å². The number of methoxy groups -OCH3 is 1. The Hall–Kier alpha value is -0.650. The first-order valence-corrected chi connectivity index (χ1v) is 6.23. The molecule has 0 bridgehead atoms. The number of hydrogen-bond acceptors (Lipinski definition) is 5. The number of ether oxygens (including phenoxy) is 2. The van der Waals surface area contributed by atoms with Crippen LogP contribution in [0.3, 0.4) is 0 Å². The molecule has 5 nitrogen and oxygen atoms in total. The van der Waals surface area contributed by atoms with Gasteiger partial charge in [0, 0.05) is 19.7 Å². The van der Waals surface area contributed by atoms with E-state index in [0.717, 1.165) is 19.4 Å². The first-order valence-electron chi connectivity index (χ1n) is 6.23. The number of likely N-dealkylation sites (tertiary alicyclic amines) is 1. The number of rotatable bonds is 6. The van der Waals surface area contributed by atoms with Crippen LogP contribution in [-0.2, 0) is 14.3 Å². The minimum absolute atomic E-state index is 0.0481.